The molecule has 3 heterocycles. The number of sulfone groups is 1. The number of nitrogens with one attached hydrogen (secondary N) is 2. The molecule has 0 radical (unpaired) electrons. The van der Waals surface area contributed by atoms with Crippen molar-refractivity contribution in [3.63, 3.8) is 0 Å². The summed E-state index contributed by atoms with van der Waals surface area (Å²) in [5, 5.41) is 9.39. The SMILES string of the molecule is O=C(NCCc1c[nH]c2ccccc12)C1=NN([C@@H]2CCS(=O)(=O)C2)C(=O)CC1. The highest BCUT2D eigenvalue weighted by Gasteiger charge is 2.37. The number of amides is 2. The number of hydrogen-bond donors (Lipinski definition) is 2. The van der Waals surface area contributed by atoms with E-state index in [4.69, 9.17) is 0 Å². The summed E-state index contributed by atoms with van der Waals surface area (Å²) in [5.74, 6) is -0.559. The molecule has 0 saturated carbocycles. The summed E-state index contributed by atoms with van der Waals surface area (Å²) in [7, 11) is -3.13. The molecule has 1 atom stereocenters. The molecule has 0 bridgehead atoms. The van der Waals surface area contributed by atoms with E-state index in [1.165, 1.54) is 5.01 Å². The second-order valence-corrected chi connectivity index (χ2v) is 9.44. The third-order valence-electron chi connectivity index (χ3n) is 5.23. The highest BCUT2D eigenvalue weighted by atomic mass is 32.2. The number of carbonyl (C=O) groups is 2. The highest BCUT2D eigenvalue weighted by Crippen LogP contribution is 2.22. The van der Waals surface area contributed by atoms with E-state index in [1.807, 2.05) is 30.5 Å². The molecule has 1 fully saturated rings. The molecule has 0 unspecified atom stereocenters. The van der Waals surface area contributed by atoms with Gasteiger partial charge in [0.25, 0.3) is 5.91 Å². The van der Waals surface area contributed by atoms with Gasteiger partial charge in [-0.25, -0.2) is 13.4 Å². The number of carbonyl (C=O) groups excluding carboxylic acids is 2. The van der Waals surface area contributed by atoms with Crippen molar-refractivity contribution in [1.29, 1.82) is 0 Å². The van der Waals surface area contributed by atoms with Crippen molar-refractivity contribution in [2.45, 2.75) is 31.7 Å². The molecule has 0 spiro atoms. The van der Waals surface area contributed by atoms with E-state index in [9.17, 15) is 18.0 Å². The third-order valence-corrected chi connectivity index (χ3v) is 6.98. The quantitative estimate of drug-likeness (QED) is 0.777. The summed E-state index contributed by atoms with van der Waals surface area (Å²) >= 11 is 0. The van der Waals surface area contributed by atoms with Crippen LogP contribution in [0.25, 0.3) is 10.9 Å². The molecule has 1 saturated heterocycles. The molecule has 148 valence electrons. The van der Waals surface area contributed by atoms with Crippen molar-refractivity contribution in [2.24, 2.45) is 5.10 Å². The minimum Gasteiger partial charge on any atom is -0.361 e. The van der Waals surface area contributed by atoms with Crippen LogP contribution in [0.15, 0.2) is 35.6 Å². The van der Waals surface area contributed by atoms with Gasteiger partial charge in [0, 0.05) is 36.5 Å². The van der Waals surface area contributed by atoms with Gasteiger partial charge in [-0.3, -0.25) is 9.59 Å². The summed E-state index contributed by atoms with van der Waals surface area (Å²) in [4.78, 5) is 27.8. The molecule has 2 aliphatic heterocycles. The molecule has 9 heteroatoms. The van der Waals surface area contributed by atoms with E-state index in [0.717, 1.165) is 16.5 Å². The molecule has 1 aromatic carbocycles. The Morgan fingerprint density at radius 3 is 2.89 bits per heavy atom. The lowest BCUT2D eigenvalue weighted by Gasteiger charge is -2.27. The Balaban J connectivity index is 1.38. The minimum atomic E-state index is -3.13. The predicted octanol–water partition coefficient (Wildman–Crippen LogP) is 0.992. The monoisotopic (exact) mass is 402 g/mol. The summed E-state index contributed by atoms with van der Waals surface area (Å²) in [5.41, 5.74) is 2.46. The van der Waals surface area contributed by atoms with Crippen LogP contribution in [-0.4, -0.2) is 60.0 Å². The minimum absolute atomic E-state index is 0.0586. The topological polar surface area (TPSA) is 112 Å². The second kappa shape index (κ2) is 7.38. The number of hydrogen-bond acceptors (Lipinski definition) is 5. The first-order valence-corrected chi connectivity index (χ1v) is 11.2. The summed E-state index contributed by atoms with van der Waals surface area (Å²) < 4.78 is 23.4. The van der Waals surface area contributed by atoms with Gasteiger partial charge < -0.3 is 10.3 Å². The molecule has 0 aliphatic carbocycles. The fourth-order valence-corrected chi connectivity index (χ4v) is 5.43. The van der Waals surface area contributed by atoms with Crippen LogP contribution in [0.2, 0.25) is 0 Å². The van der Waals surface area contributed by atoms with Gasteiger partial charge in [-0.15, -0.1) is 0 Å². The zero-order chi connectivity index (χ0) is 19.7. The summed E-state index contributed by atoms with van der Waals surface area (Å²) in [6.45, 7) is 0.450. The van der Waals surface area contributed by atoms with Gasteiger partial charge in [-0.2, -0.15) is 5.10 Å². The van der Waals surface area contributed by atoms with E-state index in [2.05, 4.69) is 15.4 Å². The standard InChI is InChI=1S/C19H22N4O4S/c24-18-6-5-17(22-23(18)14-8-10-28(26,27)12-14)19(25)20-9-7-13-11-21-16-4-2-1-3-15(13)16/h1-4,11,14,21H,5-10,12H2,(H,20,25)/t14-/m1/s1. The van der Waals surface area contributed by atoms with Crippen LogP contribution >= 0.6 is 0 Å². The van der Waals surface area contributed by atoms with Gasteiger partial charge in [0.2, 0.25) is 5.91 Å². The number of hydrazone groups is 1. The number of benzene rings is 1. The van der Waals surface area contributed by atoms with Gasteiger partial charge in [-0.05, 0) is 24.5 Å². The smallest absolute Gasteiger partial charge is 0.267 e. The van der Waals surface area contributed by atoms with Crippen molar-refractivity contribution in [3.8, 4) is 0 Å². The van der Waals surface area contributed by atoms with Crippen molar-refractivity contribution in [3.05, 3.63) is 36.0 Å². The molecular weight excluding hydrogens is 380 g/mol. The van der Waals surface area contributed by atoms with Crippen molar-refractivity contribution in [2.75, 3.05) is 18.1 Å². The van der Waals surface area contributed by atoms with Crippen LogP contribution in [0.4, 0.5) is 0 Å². The van der Waals surface area contributed by atoms with Gasteiger partial charge in [0.1, 0.15) is 5.71 Å². The lowest BCUT2D eigenvalue weighted by atomic mass is 10.1. The van der Waals surface area contributed by atoms with E-state index in [1.54, 1.807) is 0 Å². The molecule has 2 aliphatic rings. The Morgan fingerprint density at radius 1 is 1.29 bits per heavy atom. The Bertz CT molecular complexity index is 1060. The number of aromatic amines is 1. The molecular formula is C19H22N4O4S. The maximum atomic E-state index is 12.5. The van der Waals surface area contributed by atoms with Gasteiger partial charge in [0.05, 0.1) is 17.5 Å². The number of fused-ring (bicyclic) bond motifs is 1. The van der Waals surface area contributed by atoms with E-state index < -0.39 is 15.9 Å². The van der Waals surface area contributed by atoms with Crippen molar-refractivity contribution < 1.29 is 18.0 Å². The van der Waals surface area contributed by atoms with Crippen molar-refractivity contribution in [1.82, 2.24) is 15.3 Å². The van der Waals surface area contributed by atoms with Gasteiger partial charge >= 0.3 is 0 Å². The Kier molecular flexibility index (Phi) is 4.92. The van der Waals surface area contributed by atoms with Gasteiger partial charge in [0.15, 0.2) is 9.84 Å². The van der Waals surface area contributed by atoms with Crippen LogP contribution in [0.1, 0.15) is 24.8 Å². The molecule has 4 rings (SSSR count). The first-order chi connectivity index (χ1) is 13.4. The fraction of sp³-hybridized carbons (Fsp3) is 0.421. The van der Waals surface area contributed by atoms with E-state index in [-0.39, 0.29) is 41.9 Å². The Labute approximate surface area is 162 Å². The molecule has 2 amide bonds. The maximum absolute atomic E-state index is 12.5. The number of rotatable bonds is 5. The largest absolute Gasteiger partial charge is 0.361 e. The zero-order valence-electron chi connectivity index (χ0n) is 15.3. The molecule has 2 aromatic rings. The van der Waals surface area contributed by atoms with E-state index >= 15 is 0 Å². The molecule has 2 N–H and O–H groups in total. The molecule has 8 nitrogen and oxygen atoms in total. The second-order valence-electron chi connectivity index (χ2n) is 7.21. The normalized spacial score (nSPS) is 21.7. The Morgan fingerprint density at radius 2 is 2.11 bits per heavy atom. The third kappa shape index (κ3) is 3.80. The lowest BCUT2D eigenvalue weighted by molar-refractivity contribution is -0.133. The highest BCUT2D eigenvalue weighted by molar-refractivity contribution is 7.91. The van der Waals surface area contributed by atoms with E-state index in [0.29, 0.717) is 19.4 Å². The zero-order valence-corrected chi connectivity index (χ0v) is 16.2. The summed E-state index contributed by atoms with van der Waals surface area (Å²) in [6, 6.07) is 7.51. The number of aromatic nitrogens is 1. The Hall–Kier alpha value is -2.68. The number of para-hydroxylation sites is 1. The molecule has 1 aromatic heterocycles. The summed E-state index contributed by atoms with van der Waals surface area (Å²) in [6.07, 6.45) is 3.43. The van der Waals surface area contributed by atoms with Crippen LogP contribution < -0.4 is 5.32 Å². The first kappa shape index (κ1) is 18.7. The van der Waals surface area contributed by atoms with Crippen LogP contribution in [0, 0.1) is 0 Å². The first-order valence-electron chi connectivity index (χ1n) is 9.36. The number of nitrogens with zero attached hydrogens (tertiary/aromatic N) is 2. The average Bonchev–Trinajstić information content (AvgIpc) is 3.25. The molecule has 28 heavy (non-hydrogen) atoms. The van der Waals surface area contributed by atoms with Crippen LogP contribution in [0.3, 0.4) is 0 Å². The predicted molar refractivity (Wildman–Crippen MR) is 106 cm³/mol. The average molecular weight is 402 g/mol. The number of H-pyrrole nitrogens is 1. The van der Waals surface area contributed by atoms with Crippen LogP contribution in [-0.2, 0) is 25.8 Å². The maximum Gasteiger partial charge on any atom is 0.267 e. The van der Waals surface area contributed by atoms with Crippen LogP contribution in [0.5, 0.6) is 0 Å². The lowest BCUT2D eigenvalue weighted by Crippen LogP contribution is -2.44. The van der Waals surface area contributed by atoms with Crippen molar-refractivity contribution >= 4 is 38.3 Å². The van der Waals surface area contributed by atoms with Gasteiger partial charge in [-0.1, -0.05) is 18.2 Å². The fourth-order valence-electron chi connectivity index (χ4n) is 3.74.